The van der Waals surface area contributed by atoms with Crippen LogP contribution in [-0.4, -0.2) is 6.04 Å². The lowest BCUT2D eigenvalue weighted by Gasteiger charge is -2.21. The standard InChI is InChI=1S/C12H17NO/c1-10-2-4-12(5-3-10)13-8-11-6-7-14-9-11/h2,6-7,9,12-13H,3-5,8H2,1H3. The maximum absolute atomic E-state index is 5.02. The second kappa shape index (κ2) is 4.47. The van der Waals surface area contributed by atoms with Crippen molar-refractivity contribution >= 4 is 0 Å². The normalized spacial score (nSPS) is 22.1. The first kappa shape index (κ1) is 9.53. The van der Waals surface area contributed by atoms with Crippen LogP contribution in [0.4, 0.5) is 0 Å². The summed E-state index contributed by atoms with van der Waals surface area (Å²) in [5.41, 5.74) is 2.77. The molecule has 0 spiro atoms. The molecule has 76 valence electrons. The van der Waals surface area contributed by atoms with Gasteiger partial charge in [0.25, 0.3) is 0 Å². The third-order valence-electron chi connectivity index (χ3n) is 2.81. The third kappa shape index (κ3) is 2.48. The van der Waals surface area contributed by atoms with Crippen LogP contribution in [0.15, 0.2) is 34.7 Å². The smallest absolute Gasteiger partial charge is 0.0947 e. The summed E-state index contributed by atoms with van der Waals surface area (Å²) in [6.45, 7) is 3.14. The zero-order chi connectivity index (χ0) is 9.80. The molecule has 0 saturated heterocycles. The molecule has 1 atom stereocenters. The van der Waals surface area contributed by atoms with E-state index in [1.165, 1.54) is 30.4 Å². The lowest BCUT2D eigenvalue weighted by molar-refractivity contribution is 0.464. The number of hydrogen-bond donors (Lipinski definition) is 1. The molecule has 1 heterocycles. The maximum Gasteiger partial charge on any atom is 0.0947 e. The molecule has 2 rings (SSSR count). The fourth-order valence-electron chi connectivity index (χ4n) is 1.81. The number of nitrogens with one attached hydrogen (secondary N) is 1. The van der Waals surface area contributed by atoms with Gasteiger partial charge in [0, 0.05) is 18.2 Å². The Kier molecular flexibility index (Phi) is 3.04. The van der Waals surface area contributed by atoms with Gasteiger partial charge >= 0.3 is 0 Å². The van der Waals surface area contributed by atoms with Gasteiger partial charge in [-0.2, -0.15) is 0 Å². The first-order valence-electron chi connectivity index (χ1n) is 5.24. The number of allylic oxidation sites excluding steroid dienone is 1. The van der Waals surface area contributed by atoms with E-state index in [9.17, 15) is 0 Å². The van der Waals surface area contributed by atoms with Crippen LogP contribution in [0.1, 0.15) is 31.7 Å². The topological polar surface area (TPSA) is 25.2 Å². The molecule has 0 radical (unpaired) electrons. The van der Waals surface area contributed by atoms with Crippen molar-refractivity contribution in [1.29, 1.82) is 0 Å². The zero-order valence-electron chi connectivity index (χ0n) is 8.62. The first-order valence-corrected chi connectivity index (χ1v) is 5.24. The highest BCUT2D eigenvalue weighted by Crippen LogP contribution is 2.17. The van der Waals surface area contributed by atoms with Gasteiger partial charge < -0.3 is 9.73 Å². The highest BCUT2D eigenvalue weighted by atomic mass is 16.3. The van der Waals surface area contributed by atoms with Crippen molar-refractivity contribution < 1.29 is 4.42 Å². The van der Waals surface area contributed by atoms with E-state index in [4.69, 9.17) is 4.42 Å². The molecule has 0 aromatic carbocycles. The van der Waals surface area contributed by atoms with Crippen molar-refractivity contribution in [2.75, 3.05) is 0 Å². The first-order chi connectivity index (χ1) is 6.84. The van der Waals surface area contributed by atoms with Crippen molar-refractivity contribution in [3.05, 3.63) is 35.8 Å². The number of hydrogen-bond acceptors (Lipinski definition) is 2. The van der Waals surface area contributed by atoms with Crippen molar-refractivity contribution in [3.8, 4) is 0 Å². The summed E-state index contributed by atoms with van der Waals surface area (Å²) in [5, 5.41) is 3.54. The van der Waals surface area contributed by atoms with Gasteiger partial charge in [-0.05, 0) is 32.3 Å². The van der Waals surface area contributed by atoms with Crippen LogP contribution in [0.25, 0.3) is 0 Å². The van der Waals surface area contributed by atoms with Crippen molar-refractivity contribution in [2.45, 2.75) is 38.8 Å². The Balaban J connectivity index is 1.77. The van der Waals surface area contributed by atoms with Crippen molar-refractivity contribution in [1.82, 2.24) is 5.32 Å². The molecule has 0 amide bonds. The van der Waals surface area contributed by atoms with E-state index >= 15 is 0 Å². The van der Waals surface area contributed by atoms with Gasteiger partial charge in [0.15, 0.2) is 0 Å². The van der Waals surface area contributed by atoms with E-state index in [1.54, 1.807) is 12.5 Å². The molecule has 1 aliphatic carbocycles. The van der Waals surface area contributed by atoms with Crippen LogP contribution >= 0.6 is 0 Å². The molecule has 2 heteroatoms. The second-order valence-electron chi connectivity index (χ2n) is 4.03. The molecular formula is C12H17NO. The third-order valence-corrected chi connectivity index (χ3v) is 2.81. The van der Waals surface area contributed by atoms with Crippen LogP contribution in [0.2, 0.25) is 0 Å². The highest BCUT2D eigenvalue weighted by Gasteiger charge is 2.11. The molecule has 0 fully saturated rings. The summed E-state index contributed by atoms with van der Waals surface area (Å²) < 4.78 is 5.02. The summed E-state index contributed by atoms with van der Waals surface area (Å²) in [5.74, 6) is 0. The van der Waals surface area contributed by atoms with Crippen molar-refractivity contribution in [3.63, 3.8) is 0 Å². The SMILES string of the molecule is CC1=CCC(NCc2ccoc2)CC1. The predicted molar refractivity (Wildman–Crippen MR) is 56.9 cm³/mol. The lowest BCUT2D eigenvalue weighted by atomic mass is 9.96. The summed E-state index contributed by atoms with van der Waals surface area (Å²) >= 11 is 0. The van der Waals surface area contributed by atoms with Gasteiger partial charge in [-0.25, -0.2) is 0 Å². The van der Waals surface area contributed by atoms with Gasteiger partial charge in [-0.3, -0.25) is 0 Å². The van der Waals surface area contributed by atoms with E-state index in [-0.39, 0.29) is 0 Å². The fraction of sp³-hybridized carbons (Fsp3) is 0.500. The van der Waals surface area contributed by atoms with E-state index in [0.29, 0.717) is 6.04 Å². The molecule has 0 saturated carbocycles. The molecule has 0 bridgehead atoms. The molecule has 1 N–H and O–H groups in total. The number of rotatable bonds is 3. The van der Waals surface area contributed by atoms with Gasteiger partial charge in [0.2, 0.25) is 0 Å². The molecule has 1 aliphatic rings. The average molecular weight is 191 g/mol. The lowest BCUT2D eigenvalue weighted by Crippen LogP contribution is -2.29. The van der Waals surface area contributed by atoms with E-state index < -0.39 is 0 Å². The highest BCUT2D eigenvalue weighted by molar-refractivity contribution is 5.07. The van der Waals surface area contributed by atoms with Gasteiger partial charge in [-0.1, -0.05) is 11.6 Å². The minimum absolute atomic E-state index is 0.647. The Morgan fingerprint density at radius 3 is 3.14 bits per heavy atom. The Hall–Kier alpha value is -1.02. The molecule has 1 unspecified atom stereocenters. The van der Waals surface area contributed by atoms with Crippen molar-refractivity contribution in [2.24, 2.45) is 0 Å². The number of furan rings is 1. The predicted octanol–water partition coefficient (Wildman–Crippen LogP) is 2.87. The zero-order valence-corrected chi connectivity index (χ0v) is 8.62. The maximum atomic E-state index is 5.02. The van der Waals surface area contributed by atoms with Crippen LogP contribution in [-0.2, 0) is 6.54 Å². The monoisotopic (exact) mass is 191 g/mol. The van der Waals surface area contributed by atoms with E-state index in [1.807, 2.05) is 6.07 Å². The average Bonchev–Trinajstić information content (AvgIpc) is 2.70. The van der Waals surface area contributed by atoms with E-state index in [0.717, 1.165) is 6.54 Å². The Labute approximate surface area is 85.0 Å². The minimum atomic E-state index is 0.647. The molecule has 1 aromatic heterocycles. The van der Waals surface area contributed by atoms with Crippen LogP contribution in [0.3, 0.4) is 0 Å². The van der Waals surface area contributed by atoms with Crippen LogP contribution < -0.4 is 5.32 Å². The molecule has 2 nitrogen and oxygen atoms in total. The van der Waals surface area contributed by atoms with Gasteiger partial charge in [0.1, 0.15) is 0 Å². The summed E-state index contributed by atoms with van der Waals surface area (Å²) in [6.07, 6.45) is 9.54. The van der Waals surface area contributed by atoms with Crippen LogP contribution in [0.5, 0.6) is 0 Å². The Morgan fingerprint density at radius 2 is 2.50 bits per heavy atom. The Bertz CT molecular complexity index is 300. The largest absolute Gasteiger partial charge is 0.472 e. The van der Waals surface area contributed by atoms with E-state index in [2.05, 4.69) is 18.3 Å². The molecule has 0 aliphatic heterocycles. The van der Waals surface area contributed by atoms with Gasteiger partial charge in [-0.15, -0.1) is 0 Å². The fourth-order valence-corrected chi connectivity index (χ4v) is 1.81. The molecule has 14 heavy (non-hydrogen) atoms. The van der Waals surface area contributed by atoms with Gasteiger partial charge in [0.05, 0.1) is 12.5 Å². The summed E-state index contributed by atoms with van der Waals surface area (Å²) in [6, 6.07) is 2.66. The second-order valence-corrected chi connectivity index (χ2v) is 4.03. The van der Waals surface area contributed by atoms with Crippen LogP contribution in [0, 0.1) is 0 Å². The Morgan fingerprint density at radius 1 is 1.57 bits per heavy atom. The molecule has 1 aromatic rings. The molecular weight excluding hydrogens is 174 g/mol. The minimum Gasteiger partial charge on any atom is -0.472 e. The summed E-state index contributed by atoms with van der Waals surface area (Å²) in [7, 11) is 0. The summed E-state index contributed by atoms with van der Waals surface area (Å²) in [4.78, 5) is 0. The quantitative estimate of drug-likeness (QED) is 0.743.